The minimum absolute atomic E-state index is 0.0518. The Morgan fingerprint density at radius 1 is 1.61 bits per heavy atom. The Labute approximate surface area is 106 Å². The van der Waals surface area contributed by atoms with E-state index < -0.39 is 5.91 Å². The van der Waals surface area contributed by atoms with Gasteiger partial charge in [0, 0.05) is 6.61 Å². The predicted molar refractivity (Wildman–Crippen MR) is 69.2 cm³/mol. The molecule has 2 rings (SSSR count). The highest BCUT2D eigenvalue weighted by atomic mass is 16.5. The molecule has 6 nitrogen and oxygen atoms in total. The van der Waals surface area contributed by atoms with Crippen molar-refractivity contribution in [3.05, 3.63) is 17.8 Å². The van der Waals surface area contributed by atoms with E-state index in [1.807, 2.05) is 13.8 Å². The smallest absolute Gasteiger partial charge is 0.267 e. The van der Waals surface area contributed by atoms with Gasteiger partial charge in [-0.15, -0.1) is 0 Å². The van der Waals surface area contributed by atoms with Crippen molar-refractivity contribution in [1.82, 2.24) is 4.98 Å². The second-order valence-corrected chi connectivity index (χ2v) is 4.80. The first kappa shape index (κ1) is 12.6. The van der Waals surface area contributed by atoms with E-state index in [2.05, 4.69) is 10.3 Å². The van der Waals surface area contributed by atoms with E-state index in [1.54, 1.807) is 6.07 Å². The van der Waals surface area contributed by atoms with E-state index in [9.17, 15) is 4.79 Å². The highest BCUT2D eigenvalue weighted by molar-refractivity contribution is 5.91. The normalized spacial score (nSPS) is 27.1. The molecule has 0 aromatic carbocycles. The molecule has 1 saturated heterocycles. The van der Waals surface area contributed by atoms with Crippen LogP contribution in [-0.2, 0) is 4.74 Å². The van der Waals surface area contributed by atoms with Crippen molar-refractivity contribution in [2.24, 2.45) is 5.73 Å². The van der Waals surface area contributed by atoms with Crippen LogP contribution < -0.4 is 16.8 Å². The molecular formula is C12H18N4O2. The molecule has 0 bridgehead atoms. The van der Waals surface area contributed by atoms with Crippen LogP contribution in [0.2, 0.25) is 0 Å². The minimum atomic E-state index is -0.570. The van der Waals surface area contributed by atoms with E-state index in [0.717, 1.165) is 6.42 Å². The Morgan fingerprint density at radius 3 is 2.89 bits per heavy atom. The van der Waals surface area contributed by atoms with Crippen LogP contribution in [0.4, 0.5) is 11.5 Å². The number of nitrogen functional groups attached to an aromatic ring is 1. The fourth-order valence-electron chi connectivity index (χ4n) is 1.98. The summed E-state index contributed by atoms with van der Waals surface area (Å²) in [6.07, 6.45) is 0.909. The SMILES string of the molecule is CC1OCCC1(C)Nc1nc(C(N)=O)ccc1N. The number of hydrogen-bond donors (Lipinski definition) is 3. The van der Waals surface area contributed by atoms with Crippen LogP contribution in [0.1, 0.15) is 30.8 Å². The Kier molecular flexibility index (Phi) is 3.13. The van der Waals surface area contributed by atoms with Crippen LogP contribution in [0.5, 0.6) is 0 Å². The molecule has 2 unspecified atom stereocenters. The molecule has 98 valence electrons. The average Bonchev–Trinajstić information content (AvgIpc) is 2.62. The molecular weight excluding hydrogens is 232 g/mol. The maximum Gasteiger partial charge on any atom is 0.267 e. The standard InChI is InChI=1S/C12H18N4O2/c1-7-12(2,5-6-18-7)16-11-8(13)3-4-9(15-11)10(14)17/h3-4,7H,5-6,13H2,1-2H3,(H2,14,17)(H,15,16). The molecule has 1 aromatic heterocycles. The lowest BCUT2D eigenvalue weighted by Crippen LogP contribution is -2.41. The zero-order valence-corrected chi connectivity index (χ0v) is 10.6. The number of pyridine rings is 1. The average molecular weight is 250 g/mol. The number of aromatic nitrogens is 1. The molecule has 1 aliphatic rings. The third-order valence-electron chi connectivity index (χ3n) is 3.47. The molecule has 0 aliphatic carbocycles. The maximum absolute atomic E-state index is 11.1. The summed E-state index contributed by atoms with van der Waals surface area (Å²) in [4.78, 5) is 15.3. The number of carbonyl (C=O) groups is 1. The summed E-state index contributed by atoms with van der Waals surface area (Å²) in [5, 5.41) is 3.26. The summed E-state index contributed by atoms with van der Waals surface area (Å²) in [7, 11) is 0. The molecule has 6 heteroatoms. The molecule has 1 aliphatic heterocycles. The second-order valence-electron chi connectivity index (χ2n) is 4.80. The van der Waals surface area contributed by atoms with Crippen molar-refractivity contribution in [1.29, 1.82) is 0 Å². The zero-order chi connectivity index (χ0) is 13.3. The largest absolute Gasteiger partial charge is 0.396 e. The van der Waals surface area contributed by atoms with Crippen LogP contribution in [0.25, 0.3) is 0 Å². The number of amides is 1. The Bertz CT molecular complexity index is 477. The van der Waals surface area contributed by atoms with Crippen molar-refractivity contribution in [2.45, 2.75) is 31.9 Å². The number of nitrogens with one attached hydrogen (secondary N) is 1. The molecule has 0 spiro atoms. The van der Waals surface area contributed by atoms with Gasteiger partial charge in [-0.05, 0) is 32.4 Å². The lowest BCUT2D eigenvalue weighted by Gasteiger charge is -2.30. The number of nitrogens with zero attached hydrogens (tertiary/aromatic N) is 1. The van der Waals surface area contributed by atoms with Crippen LogP contribution >= 0.6 is 0 Å². The third-order valence-corrected chi connectivity index (χ3v) is 3.47. The van der Waals surface area contributed by atoms with Gasteiger partial charge >= 0.3 is 0 Å². The van der Waals surface area contributed by atoms with Crippen molar-refractivity contribution >= 4 is 17.4 Å². The van der Waals surface area contributed by atoms with Gasteiger partial charge in [-0.1, -0.05) is 0 Å². The second kappa shape index (κ2) is 4.45. The summed E-state index contributed by atoms with van der Waals surface area (Å²) in [5.74, 6) is -0.0925. The van der Waals surface area contributed by atoms with Gasteiger partial charge in [0.05, 0.1) is 17.3 Å². The quantitative estimate of drug-likeness (QED) is 0.734. The van der Waals surface area contributed by atoms with Gasteiger partial charge in [-0.3, -0.25) is 4.79 Å². The lowest BCUT2D eigenvalue weighted by atomic mass is 9.94. The molecule has 1 aromatic rings. The molecule has 0 radical (unpaired) electrons. The summed E-state index contributed by atoms with van der Waals surface area (Å²) in [5.41, 5.74) is 11.5. The van der Waals surface area contributed by atoms with E-state index in [-0.39, 0.29) is 17.3 Å². The van der Waals surface area contributed by atoms with Crippen LogP contribution in [0.15, 0.2) is 12.1 Å². The molecule has 0 saturated carbocycles. The lowest BCUT2D eigenvalue weighted by molar-refractivity contribution is 0.0995. The van der Waals surface area contributed by atoms with Gasteiger partial charge in [-0.25, -0.2) is 4.98 Å². The zero-order valence-electron chi connectivity index (χ0n) is 10.6. The van der Waals surface area contributed by atoms with Crippen LogP contribution in [0.3, 0.4) is 0 Å². The summed E-state index contributed by atoms with van der Waals surface area (Å²) in [6, 6.07) is 3.14. The number of hydrogen-bond acceptors (Lipinski definition) is 5. The monoisotopic (exact) mass is 250 g/mol. The van der Waals surface area contributed by atoms with E-state index >= 15 is 0 Å². The Balaban J connectivity index is 2.28. The number of anilines is 2. The fourth-order valence-corrected chi connectivity index (χ4v) is 1.98. The van der Waals surface area contributed by atoms with Gasteiger partial charge in [0.2, 0.25) is 0 Å². The van der Waals surface area contributed by atoms with E-state index in [0.29, 0.717) is 18.1 Å². The third kappa shape index (κ3) is 2.24. The van der Waals surface area contributed by atoms with Gasteiger partial charge < -0.3 is 21.5 Å². The first-order valence-electron chi connectivity index (χ1n) is 5.88. The van der Waals surface area contributed by atoms with E-state index in [1.165, 1.54) is 6.07 Å². The van der Waals surface area contributed by atoms with Gasteiger partial charge in [0.15, 0.2) is 5.82 Å². The summed E-state index contributed by atoms with van der Waals surface area (Å²) >= 11 is 0. The highest BCUT2D eigenvalue weighted by Crippen LogP contribution is 2.30. The highest BCUT2D eigenvalue weighted by Gasteiger charge is 2.37. The Morgan fingerprint density at radius 2 is 2.33 bits per heavy atom. The van der Waals surface area contributed by atoms with Crippen molar-refractivity contribution in [3.8, 4) is 0 Å². The molecule has 2 atom stereocenters. The van der Waals surface area contributed by atoms with Crippen LogP contribution in [0, 0.1) is 0 Å². The Hall–Kier alpha value is -1.82. The van der Waals surface area contributed by atoms with Gasteiger partial charge in [-0.2, -0.15) is 0 Å². The molecule has 1 amide bonds. The maximum atomic E-state index is 11.1. The topological polar surface area (TPSA) is 103 Å². The minimum Gasteiger partial charge on any atom is -0.396 e. The number of rotatable bonds is 3. The molecule has 5 N–H and O–H groups in total. The summed E-state index contributed by atoms with van der Waals surface area (Å²) in [6.45, 7) is 4.73. The van der Waals surface area contributed by atoms with Crippen molar-refractivity contribution in [3.63, 3.8) is 0 Å². The first-order chi connectivity index (χ1) is 8.42. The summed E-state index contributed by atoms with van der Waals surface area (Å²) < 4.78 is 5.54. The van der Waals surface area contributed by atoms with Crippen molar-refractivity contribution < 1.29 is 9.53 Å². The molecule has 1 fully saturated rings. The van der Waals surface area contributed by atoms with Gasteiger partial charge in [0.25, 0.3) is 5.91 Å². The number of ether oxygens (including phenoxy) is 1. The fraction of sp³-hybridized carbons (Fsp3) is 0.500. The number of carbonyl (C=O) groups excluding carboxylic acids is 1. The first-order valence-corrected chi connectivity index (χ1v) is 5.88. The van der Waals surface area contributed by atoms with E-state index in [4.69, 9.17) is 16.2 Å². The number of primary amides is 1. The van der Waals surface area contributed by atoms with Crippen molar-refractivity contribution in [2.75, 3.05) is 17.7 Å². The molecule has 18 heavy (non-hydrogen) atoms. The van der Waals surface area contributed by atoms with Gasteiger partial charge in [0.1, 0.15) is 5.69 Å². The molecule has 2 heterocycles. The predicted octanol–water partition coefficient (Wildman–Crippen LogP) is 0.742. The number of nitrogens with two attached hydrogens (primary N) is 2. The van der Waals surface area contributed by atoms with Crippen LogP contribution in [-0.4, -0.2) is 29.1 Å².